The van der Waals surface area contributed by atoms with Gasteiger partial charge in [0.15, 0.2) is 0 Å². The summed E-state index contributed by atoms with van der Waals surface area (Å²) in [6.45, 7) is 0. The van der Waals surface area contributed by atoms with Crippen molar-refractivity contribution in [2.75, 3.05) is 12.8 Å². The van der Waals surface area contributed by atoms with Crippen LogP contribution < -0.4 is 5.73 Å². The van der Waals surface area contributed by atoms with E-state index in [-0.39, 0.29) is 5.69 Å². The van der Waals surface area contributed by atoms with Crippen molar-refractivity contribution in [3.05, 3.63) is 29.6 Å². The molecule has 0 saturated heterocycles. The number of halogens is 1. The van der Waals surface area contributed by atoms with E-state index in [2.05, 4.69) is 16.6 Å². The van der Waals surface area contributed by atoms with Gasteiger partial charge < -0.3 is 10.5 Å². The van der Waals surface area contributed by atoms with Crippen LogP contribution in [0.5, 0.6) is 0 Å². The molecule has 1 rings (SSSR count). The predicted octanol–water partition coefficient (Wildman–Crippen LogP) is 0.932. The summed E-state index contributed by atoms with van der Waals surface area (Å²) in [7, 11) is 1.22. The van der Waals surface area contributed by atoms with Crippen LogP contribution in [0.4, 0.5) is 10.1 Å². The van der Waals surface area contributed by atoms with Crippen molar-refractivity contribution in [3.8, 4) is 11.8 Å². The molecule has 0 heterocycles. The highest BCUT2D eigenvalue weighted by atomic mass is 19.1. The Morgan fingerprint density at radius 1 is 1.57 bits per heavy atom. The van der Waals surface area contributed by atoms with Crippen LogP contribution in [-0.4, -0.2) is 13.1 Å². The largest absolute Gasteiger partial charge is 0.459 e. The van der Waals surface area contributed by atoms with Crippen LogP contribution in [0.2, 0.25) is 0 Å². The molecule has 0 fully saturated rings. The first-order valence-corrected chi connectivity index (χ1v) is 3.78. The first-order valence-electron chi connectivity index (χ1n) is 3.78. The van der Waals surface area contributed by atoms with E-state index in [1.165, 1.54) is 19.2 Å². The number of hydrogen-bond acceptors (Lipinski definition) is 3. The number of carbonyl (C=O) groups is 1. The van der Waals surface area contributed by atoms with Gasteiger partial charge in [0.05, 0.1) is 12.8 Å². The topological polar surface area (TPSA) is 52.3 Å². The molecule has 1 aromatic carbocycles. The number of ether oxygens (including phenoxy) is 1. The molecule has 0 aliphatic rings. The van der Waals surface area contributed by atoms with Gasteiger partial charge in [0.2, 0.25) is 0 Å². The quantitative estimate of drug-likeness (QED) is 0.379. The summed E-state index contributed by atoms with van der Waals surface area (Å²) in [6.07, 6.45) is 0. The second-order valence-electron chi connectivity index (χ2n) is 2.48. The predicted molar refractivity (Wildman–Crippen MR) is 49.7 cm³/mol. The van der Waals surface area contributed by atoms with Gasteiger partial charge in [-0.15, -0.1) is 0 Å². The van der Waals surface area contributed by atoms with Gasteiger partial charge in [-0.1, -0.05) is 5.92 Å². The van der Waals surface area contributed by atoms with E-state index in [0.717, 1.165) is 6.07 Å². The van der Waals surface area contributed by atoms with Crippen LogP contribution in [0.1, 0.15) is 5.56 Å². The third-order valence-electron chi connectivity index (χ3n) is 1.49. The number of nitrogen functional groups attached to an aromatic ring is 1. The number of carbonyl (C=O) groups excluding carboxylic acids is 1. The van der Waals surface area contributed by atoms with Gasteiger partial charge in [0.1, 0.15) is 5.82 Å². The lowest BCUT2D eigenvalue weighted by Gasteiger charge is -1.95. The van der Waals surface area contributed by atoms with E-state index >= 15 is 0 Å². The minimum atomic E-state index is -0.665. The summed E-state index contributed by atoms with van der Waals surface area (Å²) in [4.78, 5) is 10.6. The Balaban J connectivity index is 2.91. The van der Waals surface area contributed by atoms with Crippen LogP contribution in [0.3, 0.4) is 0 Å². The Kier molecular flexibility index (Phi) is 3.08. The molecule has 0 unspecified atom stereocenters. The molecular formula is C10H8FNO2. The summed E-state index contributed by atoms with van der Waals surface area (Å²) < 4.78 is 17.2. The second-order valence-corrected chi connectivity index (χ2v) is 2.48. The van der Waals surface area contributed by atoms with E-state index in [1.807, 2.05) is 0 Å². The Morgan fingerprint density at radius 2 is 2.29 bits per heavy atom. The van der Waals surface area contributed by atoms with Crippen molar-refractivity contribution < 1.29 is 13.9 Å². The highest BCUT2D eigenvalue weighted by molar-refractivity contribution is 5.89. The molecule has 0 aliphatic heterocycles. The fourth-order valence-corrected chi connectivity index (χ4v) is 0.779. The van der Waals surface area contributed by atoms with Gasteiger partial charge >= 0.3 is 5.97 Å². The van der Waals surface area contributed by atoms with E-state index in [9.17, 15) is 9.18 Å². The molecular weight excluding hydrogens is 185 g/mol. The molecule has 0 aliphatic carbocycles. The molecule has 72 valence electrons. The summed E-state index contributed by atoms with van der Waals surface area (Å²) >= 11 is 0. The minimum Gasteiger partial charge on any atom is -0.459 e. The standard InChI is InChI=1S/C10H8FNO2/c1-14-10(13)5-3-7-2-4-9(12)8(11)6-7/h2,4,6H,12H2,1H3. The second kappa shape index (κ2) is 4.28. The van der Waals surface area contributed by atoms with Gasteiger partial charge in [0.25, 0.3) is 0 Å². The number of benzene rings is 1. The number of methoxy groups -OCH3 is 1. The lowest BCUT2D eigenvalue weighted by Crippen LogP contribution is -1.95. The molecule has 0 saturated carbocycles. The Bertz CT molecular complexity index is 418. The van der Waals surface area contributed by atoms with E-state index in [0.29, 0.717) is 5.56 Å². The zero-order valence-corrected chi connectivity index (χ0v) is 7.50. The number of nitrogens with two attached hydrogens (primary N) is 1. The third-order valence-corrected chi connectivity index (χ3v) is 1.49. The Labute approximate surface area is 80.7 Å². The average Bonchev–Trinajstić information content (AvgIpc) is 2.19. The molecule has 0 amide bonds. The van der Waals surface area contributed by atoms with Crippen molar-refractivity contribution in [2.45, 2.75) is 0 Å². The van der Waals surface area contributed by atoms with Gasteiger partial charge in [0, 0.05) is 11.5 Å². The Morgan fingerprint density at radius 3 is 2.86 bits per heavy atom. The van der Waals surface area contributed by atoms with Gasteiger partial charge in [-0.05, 0) is 18.2 Å². The summed E-state index contributed by atoms with van der Waals surface area (Å²) in [5.74, 6) is 3.40. The first-order chi connectivity index (χ1) is 6.63. The van der Waals surface area contributed by atoms with Crippen molar-refractivity contribution in [1.29, 1.82) is 0 Å². The molecule has 2 N–H and O–H groups in total. The van der Waals surface area contributed by atoms with Gasteiger partial charge in [-0.25, -0.2) is 9.18 Å². The molecule has 3 nitrogen and oxygen atoms in total. The van der Waals surface area contributed by atoms with Crippen LogP contribution in [0.15, 0.2) is 18.2 Å². The lowest BCUT2D eigenvalue weighted by molar-refractivity contribution is -0.133. The van der Waals surface area contributed by atoms with Crippen molar-refractivity contribution in [1.82, 2.24) is 0 Å². The minimum absolute atomic E-state index is 0.0496. The summed E-state index contributed by atoms with van der Waals surface area (Å²) in [6, 6.07) is 4.07. The average molecular weight is 193 g/mol. The number of anilines is 1. The Hall–Kier alpha value is -2.02. The van der Waals surface area contributed by atoms with Gasteiger partial charge in [-0.2, -0.15) is 0 Å². The molecule has 14 heavy (non-hydrogen) atoms. The number of hydrogen-bond donors (Lipinski definition) is 1. The molecule has 0 bridgehead atoms. The highest BCUT2D eigenvalue weighted by Crippen LogP contribution is 2.10. The molecule has 4 heteroatoms. The molecule has 0 atom stereocenters. The molecule has 0 spiro atoms. The van der Waals surface area contributed by atoms with E-state index in [1.54, 1.807) is 0 Å². The monoisotopic (exact) mass is 193 g/mol. The first kappa shape index (κ1) is 10.1. The maximum absolute atomic E-state index is 12.9. The SMILES string of the molecule is COC(=O)C#Cc1ccc(N)c(F)c1. The van der Waals surface area contributed by atoms with E-state index < -0.39 is 11.8 Å². The third kappa shape index (κ3) is 2.49. The van der Waals surface area contributed by atoms with Crippen molar-refractivity contribution >= 4 is 11.7 Å². The molecule has 0 aromatic heterocycles. The zero-order valence-electron chi connectivity index (χ0n) is 7.50. The fourth-order valence-electron chi connectivity index (χ4n) is 0.779. The zero-order chi connectivity index (χ0) is 10.6. The van der Waals surface area contributed by atoms with Crippen LogP contribution in [-0.2, 0) is 9.53 Å². The smallest absolute Gasteiger partial charge is 0.384 e. The number of rotatable bonds is 0. The van der Waals surface area contributed by atoms with Crippen molar-refractivity contribution in [3.63, 3.8) is 0 Å². The van der Waals surface area contributed by atoms with Crippen molar-refractivity contribution in [2.24, 2.45) is 0 Å². The summed E-state index contributed by atoms with van der Waals surface area (Å²) in [5.41, 5.74) is 5.68. The summed E-state index contributed by atoms with van der Waals surface area (Å²) in [5, 5.41) is 0. The van der Waals surface area contributed by atoms with Crippen LogP contribution in [0.25, 0.3) is 0 Å². The fraction of sp³-hybridized carbons (Fsp3) is 0.100. The van der Waals surface area contributed by atoms with Crippen LogP contribution in [0, 0.1) is 17.7 Å². The maximum atomic E-state index is 12.9. The number of esters is 1. The molecule has 1 aromatic rings. The van der Waals surface area contributed by atoms with Crippen LogP contribution >= 0.6 is 0 Å². The lowest BCUT2D eigenvalue weighted by atomic mass is 10.2. The maximum Gasteiger partial charge on any atom is 0.384 e. The highest BCUT2D eigenvalue weighted by Gasteiger charge is 1.97. The molecule has 0 radical (unpaired) electrons. The normalized spacial score (nSPS) is 8.71. The van der Waals surface area contributed by atoms with E-state index in [4.69, 9.17) is 5.73 Å². The van der Waals surface area contributed by atoms with Gasteiger partial charge in [-0.3, -0.25) is 0 Å².